The number of rotatable bonds is 9. The van der Waals surface area contributed by atoms with Crippen LogP contribution in [0.15, 0.2) is 36.4 Å². The van der Waals surface area contributed by atoms with Crippen molar-refractivity contribution in [3.05, 3.63) is 42.0 Å². The first kappa shape index (κ1) is 20.6. The van der Waals surface area contributed by atoms with E-state index < -0.39 is 11.8 Å². The van der Waals surface area contributed by atoms with Crippen molar-refractivity contribution < 1.29 is 19.1 Å². The molecule has 0 radical (unpaired) electrons. The van der Waals surface area contributed by atoms with Crippen LogP contribution in [0.2, 0.25) is 0 Å². The third-order valence-corrected chi connectivity index (χ3v) is 4.15. The van der Waals surface area contributed by atoms with Gasteiger partial charge in [0.05, 0.1) is 13.2 Å². The summed E-state index contributed by atoms with van der Waals surface area (Å²) < 4.78 is 11.4. The highest BCUT2D eigenvalue weighted by molar-refractivity contribution is 7.80. The van der Waals surface area contributed by atoms with E-state index >= 15 is 0 Å². The summed E-state index contributed by atoms with van der Waals surface area (Å²) in [6.07, 6.45) is 5.06. The maximum atomic E-state index is 12.6. The van der Waals surface area contributed by atoms with Crippen LogP contribution < -0.4 is 14.8 Å². The molecule has 0 unspecified atom stereocenters. The molecule has 1 saturated heterocycles. The number of benzene rings is 1. The van der Waals surface area contributed by atoms with E-state index in [0.717, 1.165) is 12.8 Å². The summed E-state index contributed by atoms with van der Waals surface area (Å²) in [5.74, 6) is 0.239. The Morgan fingerprint density at radius 1 is 1.22 bits per heavy atom. The summed E-state index contributed by atoms with van der Waals surface area (Å²) in [5, 5.41) is 2.61. The molecule has 0 aliphatic carbocycles. The zero-order valence-corrected chi connectivity index (χ0v) is 16.4. The average molecular weight is 388 g/mol. The van der Waals surface area contributed by atoms with Crippen LogP contribution in [0.4, 0.5) is 0 Å². The van der Waals surface area contributed by atoms with Crippen molar-refractivity contribution in [2.45, 2.75) is 26.7 Å². The molecule has 1 aromatic rings. The van der Waals surface area contributed by atoms with Crippen LogP contribution in [0, 0.1) is 0 Å². The molecule has 1 aromatic carbocycles. The van der Waals surface area contributed by atoms with E-state index in [-0.39, 0.29) is 17.2 Å². The standard InChI is InChI=1S/C20H24N2O4S/c1-4-7-11-26-16-9-8-14(13-17(16)25-6-3)12-15-18(23)21-20(27)22(10-5-2)19(15)24/h5,8-9,12-13H,2,4,6-7,10-11H2,1,3H3,(H,21,23,27). The number of nitrogens with zero attached hydrogens (tertiary/aromatic N) is 1. The molecule has 2 amide bonds. The Morgan fingerprint density at radius 3 is 2.67 bits per heavy atom. The van der Waals surface area contributed by atoms with Crippen LogP contribution in [0.3, 0.4) is 0 Å². The van der Waals surface area contributed by atoms with Gasteiger partial charge in [-0.15, -0.1) is 6.58 Å². The second kappa shape index (κ2) is 9.87. The van der Waals surface area contributed by atoms with Crippen molar-refractivity contribution in [2.24, 2.45) is 0 Å². The molecule has 0 aromatic heterocycles. The number of carbonyl (C=O) groups is 2. The number of carbonyl (C=O) groups excluding carboxylic acids is 2. The van der Waals surface area contributed by atoms with Crippen molar-refractivity contribution in [1.82, 2.24) is 10.2 Å². The molecule has 0 spiro atoms. The van der Waals surface area contributed by atoms with Crippen LogP contribution in [0.5, 0.6) is 11.5 Å². The smallest absolute Gasteiger partial charge is 0.265 e. The highest BCUT2D eigenvalue weighted by Gasteiger charge is 2.32. The van der Waals surface area contributed by atoms with Gasteiger partial charge in [-0.1, -0.05) is 25.5 Å². The van der Waals surface area contributed by atoms with E-state index in [0.29, 0.717) is 30.3 Å². The Balaban J connectivity index is 2.31. The van der Waals surface area contributed by atoms with Crippen LogP contribution in [-0.2, 0) is 9.59 Å². The molecule has 1 fully saturated rings. The minimum absolute atomic E-state index is 0.00699. The number of thiocarbonyl (C=S) groups is 1. The number of ether oxygens (including phenoxy) is 2. The molecule has 0 bridgehead atoms. The van der Waals surface area contributed by atoms with Crippen LogP contribution >= 0.6 is 12.2 Å². The number of amides is 2. The van der Waals surface area contributed by atoms with Gasteiger partial charge in [0.1, 0.15) is 5.57 Å². The minimum atomic E-state index is -0.522. The first-order valence-corrected chi connectivity index (χ1v) is 9.32. The van der Waals surface area contributed by atoms with E-state index in [9.17, 15) is 9.59 Å². The third-order valence-electron chi connectivity index (χ3n) is 3.83. The molecule has 1 N–H and O–H groups in total. The molecule has 0 saturated carbocycles. The zero-order valence-electron chi connectivity index (χ0n) is 15.6. The summed E-state index contributed by atoms with van der Waals surface area (Å²) >= 11 is 5.05. The minimum Gasteiger partial charge on any atom is -0.490 e. The van der Waals surface area contributed by atoms with E-state index in [1.807, 2.05) is 6.92 Å². The first-order valence-electron chi connectivity index (χ1n) is 8.91. The van der Waals surface area contributed by atoms with Crippen molar-refractivity contribution in [3.8, 4) is 11.5 Å². The predicted octanol–water partition coefficient (Wildman–Crippen LogP) is 3.08. The molecular weight excluding hydrogens is 364 g/mol. The Bertz CT molecular complexity index is 773. The fourth-order valence-corrected chi connectivity index (χ4v) is 2.73. The lowest BCUT2D eigenvalue weighted by Crippen LogP contribution is -2.53. The van der Waals surface area contributed by atoms with E-state index in [1.165, 1.54) is 11.0 Å². The Morgan fingerprint density at radius 2 is 2.00 bits per heavy atom. The second-order valence-electron chi connectivity index (χ2n) is 5.86. The SMILES string of the molecule is C=CCN1C(=O)C(=Cc2ccc(OCCCC)c(OCC)c2)C(=O)NC1=S. The van der Waals surface area contributed by atoms with E-state index in [2.05, 4.69) is 18.8 Å². The van der Waals surface area contributed by atoms with E-state index in [1.54, 1.807) is 24.3 Å². The van der Waals surface area contributed by atoms with Gasteiger partial charge in [0.2, 0.25) is 0 Å². The van der Waals surface area contributed by atoms with Crippen molar-refractivity contribution >= 4 is 35.2 Å². The highest BCUT2D eigenvalue weighted by atomic mass is 32.1. The normalized spacial score (nSPS) is 15.7. The Labute approximate surface area is 164 Å². The van der Waals surface area contributed by atoms with E-state index in [4.69, 9.17) is 21.7 Å². The van der Waals surface area contributed by atoms with Gasteiger partial charge in [0, 0.05) is 6.54 Å². The molecule has 0 atom stereocenters. The number of nitrogens with one attached hydrogen (secondary N) is 1. The molecule has 1 aliphatic rings. The maximum Gasteiger partial charge on any atom is 0.265 e. The fourth-order valence-electron chi connectivity index (χ4n) is 2.48. The van der Waals surface area contributed by atoms with Crippen LogP contribution in [-0.4, -0.2) is 41.6 Å². The topological polar surface area (TPSA) is 67.9 Å². The number of hydrogen-bond donors (Lipinski definition) is 1. The summed E-state index contributed by atoms with van der Waals surface area (Å²) in [6.45, 7) is 8.89. The second-order valence-corrected chi connectivity index (χ2v) is 6.25. The fraction of sp³-hybridized carbons (Fsp3) is 0.350. The summed E-state index contributed by atoms with van der Waals surface area (Å²) in [4.78, 5) is 26.1. The van der Waals surface area contributed by atoms with Crippen LogP contribution in [0.25, 0.3) is 6.08 Å². The molecule has 1 heterocycles. The van der Waals surface area contributed by atoms with Gasteiger partial charge >= 0.3 is 0 Å². The van der Waals surface area contributed by atoms with Gasteiger partial charge in [0.15, 0.2) is 16.6 Å². The molecule has 144 valence electrons. The van der Waals surface area contributed by atoms with Gasteiger partial charge in [-0.3, -0.25) is 19.8 Å². The lowest BCUT2D eigenvalue weighted by Gasteiger charge is -2.27. The quantitative estimate of drug-likeness (QED) is 0.232. The lowest BCUT2D eigenvalue weighted by molar-refractivity contribution is -0.128. The van der Waals surface area contributed by atoms with Crippen LogP contribution in [0.1, 0.15) is 32.3 Å². The Kier molecular flexibility index (Phi) is 7.55. The van der Waals surface area contributed by atoms with Gasteiger partial charge < -0.3 is 9.47 Å². The summed E-state index contributed by atoms with van der Waals surface area (Å²) in [7, 11) is 0. The third kappa shape index (κ3) is 5.17. The van der Waals surface area contributed by atoms with Gasteiger partial charge in [0.25, 0.3) is 11.8 Å². The van der Waals surface area contributed by atoms with Crippen molar-refractivity contribution in [3.63, 3.8) is 0 Å². The predicted molar refractivity (Wildman–Crippen MR) is 109 cm³/mol. The molecule has 6 nitrogen and oxygen atoms in total. The highest BCUT2D eigenvalue weighted by Crippen LogP contribution is 2.30. The molecular formula is C20H24N2O4S. The first-order chi connectivity index (χ1) is 13.0. The van der Waals surface area contributed by atoms with Gasteiger partial charge in [-0.2, -0.15) is 0 Å². The van der Waals surface area contributed by atoms with Crippen molar-refractivity contribution in [2.75, 3.05) is 19.8 Å². The summed E-state index contributed by atoms with van der Waals surface area (Å²) in [6, 6.07) is 5.32. The lowest BCUT2D eigenvalue weighted by atomic mass is 10.1. The largest absolute Gasteiger partial charge is 0.490 e. The molecule has 27 heavy (non-hydrogen) atoms. The average Bonchev–Trinajstić information content (AvgIpc) is 2.64. The number of hydrogen-bond acceptors (Lipinski definition) is 5. The molecule has 7 heteroatoms. The zero-order chi connectivity index (χ0) is 19.8. The molecule has 2 rings (SSSR count). The Hall–Kier alpha value is -2.67. The molecule has 1 aliphatic heterocycles. The monoisotopic (exact) mass is 388 g/mol. The summed E-state index contributed by atoms with van der Waals surface area (Å²) in [5.41, 5.74) is 0.665. The van der Waals surface area contributed by atoms with Gasteiger partial charge in [-0.05, 0) is 49.3 Å². The maximum absolute atomic E-state index is 12.6. The van der Waals surface area contributed by atoms with Gasteiger partial charge in [-0.25, -0.2) is 0 Å². The van der Waals surface area contributed by atoms with Crippen molar-refractivity contribution in [1.29, 1.82) is 0 Å². The number of unbranched alkanes of at least 4 members (excludes halogenated alkanes) is 1.